The largest absolute Gasteiger partial charge is 0.396 e. The lowest BCUT2D eigenvalue weighted by molar-refractivity contribution is 0.0947. The maximum atomic E-state index is 13.3. The maximum absolute atomic E-state index is 13.3. The number of hydrogen-bond acceptors (Lipinski definition) is 3. The number of aromatic nitrogens is 1. The first-order chi connectivity index (χ1) is 7.58. The summed E-state index contributed by atoms with van der Waals surface area (Å²) in [7, 11) is 0. The van der Waals surface area contributed by atoms with Crippen LogP contribution in [0, 0.1) is 11.9 Å². The number of halogens is 2. The topological polar surface area (TPSA) is 50.2 Å². The van der Waals surface area contributed by atoms with Crippen LogP contribution in [0.2, 0.25) is 5.15 Å². The Balaban J connectivity index is 2.84. The Morgan fingerprint density at radius 2 is 2.38 bits per heavy atom. The molecule has 16 heavy (non-hydrogen) atoms. The number of carbonyl (C=O) groups is 1. The first-order valence-corrected chi connectivity index (χ1v) is 5.05. The smallest absolute Gasteiger partial charge is 0.225 e. The van der Waals surface area contributed by atoms with Crippen molar-refractivity contribution in [2.45, 2.75) is 6.42 Å². The molecule has 1 atom stereocenters. The van der Waals surface area contributed by atoms with Gasteiger partial charge in [0.1, 0.15) is 5.15 Å². The van der Waals surface area contributed by atoms with Crippen molar-refractivity contribution < 1.29 is 14.3 Å². The number of nitrogens with zero attached hydrogens (tertiary/aromatic N) is 1. The highest BCUT2D eigenvalue weighted by atomic mass is 35.5. The Bertz CT molecular complexity index is 409. The summed E-state index contributed by atoms with van der Waals surface area (Å²) in [5.41, 5.74) is -0.121. The molecular weight excluding hydrogens is 233 g/mol. The number of aliphatic hydroxyl groups is 1. The summed E-state index contributed by atoms with van der Waals surface area (Å²) in [5.74, 6) is -1.69. The van der Waals surface area contributed by atoms with Crippen LogP contribution in [0.25, 0.3) is 0 Å². The van der Waals surface area contributed by atoms with Gasteiger partial charge in [-0.25, -0.2) is 4.98 Å². The van der Waals surface area contributed by atoms with Crippen LogP contribution in [-0.2, 0) is 0 Å². The highest BCUT2D eigenvalue weighted by Gasteiger charge is 2.16. The minimum Gasteiger partial charge on any atom is -0.396 e. The van der Waals surface area contributed by atoms with Crippen molar-refractivity contribution in [3.05, 3.63) is 41.5 Å². The summed E-state index contributed by atoms with van der Waals surface area (Å²) in [6.07, 6.45) is 1.46. The second-order valence-electron chi connectivity index (χ2n) is 3.28. The van der Waals surface area contributed by atoms with Gasteiger partial charge in [0.15, 0.2) is 5.78 Å². The van der Waals surface area contributed by atoms with Gasteiger partial charge in [0, 0.05) is 18.9 Å². The van der Waals surface area contributed by atoms with Crippen molar-refractivity contribution in [3.63, 3.8) is 0 Å². The molecule has 86 valence electrons. The Labute approximate surface area is 97.6 Å². The van der Waals surface area contributed by atoms with E-state index < -0.39 is 11.7 Å². The molecule has 5 heteroatoms. The Hall–Kier alpha value is -1.26. The van der Waals surface area contributed by atoms with E-state index in [0.29, 0.717) is 0 Å². The number of ketones is 1. The second-order valence-corrected chi connectivity index (χ2v) is 3.67. The number of hydrogen-bond donors (Lipinski definition) is 1. The van der Waals surface area contributed by atoms with Gasteiger partial charge in [-0.3, -0.25) is 4.79 Å². The summed E-state index contributed by atoms with van der Waals surface area (Å²) in [6, 6.07) is 2.63. The Kier molecular flexibility index (Phi) is 4.58. The van der Waals surface area contributed by atoms with Gasteiger partial charge in [0.25, 0.3) is 0 Å². The van der Waals surface area contributed by atoms with Crippen LogP contribution >= 0.6 is 11.6 Å². The molecule has 0 aliphatic heterocycles. The van der Waals surface area contributed by atoms with E-state index in [1.54, 1.807) is 0 Å². The highest BCUT2D eigenvalue weighted by Crippen LogP contribution is 2.15. The molecule has 1 aromatic rings. The van der Waals surface area contributed by atoms with Crippen LogP contribution in [0.5, 0.6) is 0 Å². The molecule has 0 saturated heterocycles. The minimum atomic E-state index is -0.891. The van der Waals surface area contributed by atoms with Crippen molar-refractivity contribution in [1.29, 1.82) is 0 Å². The molecule has 1 heterocycles. The Morgan fingerprint density at radius 3 is 2.88 bits per heavy atom. The van der Waals surface area contributed by atoms with Crippen molar-refractivity contribution in [3.8, 4) is 0 Å². The van der Waals surface area contributed by atoms with Gasteiger partial charge in [-0.15, -0.1) is 6.58 Å². The van der Waals surface area contributed by atoms with Crippen molar-refractivity contribution in [2.24, 2.45) is 5.92 Å². The second kappa shape index (κ2) is 5.72. The zero-order chi connectivity index (χ0) is 12.1. The van der Waals surface area contributed by atoms with Gasteiger partial charge in [-0.1, -0.05) is 17.7 Å². The average Bonchev–Trinajstić information content (AvgIpc) is 2.25. The van der Waals surface area contributed by atoms with E-state index in [4.69, 9.17) is 16.7 Å². The van der Waals surface area contributed by atoms with E-state index >= 15 is 0 Å². The minimum absolute atomic E-state index is 0.000231. The first kappa shape index (κ1) is 12.8. The monoisotopic (exact) mass is 243 g/mol. The third-order valence-electron chi connectivity index (χ3n) is 2.13. The molecule has 0 saturated carbocycles. The molecule has 0 aromatic carbocycles. The SMILES string of the molecule is C=CC(CO)CC(=O)c1ccc(Cl)nc1F. The predicted molar refractivity (Wildman–Crippen MR) is 58.9 cm³/mol. The van der Waals surface area contributed by atoms with Crippen molar-refractivity contribution in [1.82, 2.24) is 4.98 Å². The quantitative estimate of drug-likeness (QED) is 0.490. The third-order valence-corrected chi connectivity index (χ3v) is 2.34. The fraction of sp³-hybridized carbons (Fsp3) is 0.273. The lowest BCUT2D eigenvalue weighted by Crippen LogP contribution is -2.12. The van der Waals surface area contributed by atoms with Gasteiger partial charge < -0.3 is 5.11 Å². The average molecular weight is 244 g/mol. The van der Waals surface area contributed by atoms with Gasteiger partial charge >= 0.3 is 0 Å². The number of aliphatic hydroxyl groups excluding tert-OH is 1. The summed E-state index contributed by atoms with van der Waals surface area (Å²) in [4.78, 5) is 15.0. The van der Waals surface area contributed by atoms with Gasteiger partial charge in [0.05, 0.1) is 5.56 Å². The summed E-state index contributed by atoms with van der Waals surface area (Å²) >= 11 is 5.46. The van der Waals surface area contributed by atoms with E-state index in [1.165, 1.54) is 18.2 Å². The normalized spacial score (nSPS) is 12.2. The van der Waals surface area contributed by atoms with E-state index in [9.17, 15) is 9.18 Å². The van der Waals surface area contributed by atoms with E-state index in [1.807, 2.05) is 0 Å². The number of Topliss-reactive ketones (excluding diaryl/α,β-unsaturated/α-hetero) is 1. The maximum Gasteiger partial charge on any atom is 0.225 e. The molecule has 0 radical (unpaired) electrons. The lowest BCUT2D eigenvalue weighted by atomic mass is 10.00. The van der Waals surface area contributed by atoms with Crippen LogP contribution in [0.1, 0.15) is 16.8 Å². The molecule has 0 spiro atoms. The molecule has 0 aliphatic rings. The Morgan fingerprint density at radius 1 is 1.69 bits per heavy atom. The number of pyridine rings is 1. The molecule has 3 nitrogen and oxygen atoms in total. The molecule has 0 aliphatic carbocycles. The molecule has 0 amide bonds. The fourth-order valence-electron chi connectivity index (χ4n) is 1.19. The molecule has 1 aromatic heterocycles. The van der Waals surface area contributed by atoms with E-state index in [0.717, 1.165) is 0 Å². The highest BCUT2D eigenvalue weighted by molar-refractivity contribution is 6.29. The van der Waals surface area contributed by atoms with Crippen molar-refractivity contribution in [2.75, 3.05) is 6.61 Å². The van der Waals surface area contributed by atoms with Crippen LogP contribution < -0.4 is 0 Å². The molecule has 0 bridgehead atoms. The fourth-order valence-corrected chi connectivity index (χ4v) is 1.33. The van der Waals surface area contributed by atoms with Gasteiger partial charge in [0.2, 0.25) is 5.95 Å². The van der Waals surface area contributed by atoms with Crippen LogP contribution in [0.4, 0.5) is 4.39 Å². The third kappa shape index (κ3) is 3.12. The number of carbonyl (C=O) groups excluding carboxylic acids is 1. The van der Waals surface area contributed by atoms with Crippen LogP contribution in [0.15, 0.2) is 24.8 Å². The summed E-state index contributed by atoms with van der Waals surface area (Å²) < 4.78 is 13.3. The number of rotatable bonds is 5. The van der Waals surface area contributed by atoms with Gasteiger partial charge in [-0.2, -0.15) is 4.39 Å². The molecular formula is C11H11ClFNO2. The van der Waals surface area contributed by atoms with Crippen molar-refractivity contribution >= 4 is 17.4 Å². The van der Waals surface area contributed by atoms with Crippen LogP contribution in [-0.4, -0.2) is 22.5 Å². The molecule has 1 unspecified atom stereocenters. The zero-order valence-corrected chi connectivity index (χ0v) is 9.25. The lowest BCUT2D eigenvalue weighted by Gasteiger charge is -2.07. The standard InChI is InChI=1S/C11H11ClFNO2/c1-2-7(6-15)5-9(16)8-3-4-10(12)14-11(8)13/h2-4,7,15H,1,5-6H2. The van der Waals surface area contributed by atoms with E-state index in [-0.39, 0.29) is 29.7 Å². The molecule has 1 rings (SSSR count). The van der Waals surface area contributed by atoms with Crippen LogP contribution in [0.3, 0.4) is 0 Å². The van der Waals surface area contributed by atoms with Gasteiger partial charge in [-0.05, 0) is 12.1 Å². The summed E-state index contributed by atoms with van der Waals surface area (Å²) in [6.45, 7) is 3.28. The zero-order valence-electron chi connectivity index (χ0n) is 8.49. The molecule has 0 fully saturated rings. The van der Waals surface area contributed by atoms with E-state index in [2.05, 4.69) is 11.6 Å². The first-order valence-electron chi connectivity index (χ1n) is 4.67. The predicted octanol–water partition coefficient (Wildman–Crippen LogP) is 2.24. The summed E-state index contributed by atoms with van der Waals surface area (Å²) in [5, 5.41) is 8.88. The molecule has 1 N–H and O–H groups in total.